The zero-order valence-electron chi connectivity index (χ0n) is 14.8. The van der Waals surface area contributed by atoms with Crippen LogP contribution in [-0.4, -0.2) is 14.6 Å². The maximum absolute atomic E-state index is 12.3. The number of rotatable bonds is 7. The number of hydrogen-bond acceptors (Lipinski definition) is 4. The molecule has 0 radical (unpaired) electrons. The molecule has 0 fully saturated rings. The highest BCUT2D eigenvalue weighted by Crippen LogP contribution is 2.23. The first-order valence-corrected chi connectivity index (χ1v) is 11.8. The highest BCUT2D eigenvalue weighted by Gasteiger charge is 2.12. The van der Waals surface area contributed by atoms with Crippen molar-refractivity contribution < 1.29 is 13.2 Å². The molecule has 0 unspecified atom stereocenters. The van der Waals surface area contributed by atoms with Crippen LogP contribution in [0.15, 0.2) is 85.7 Å². The number of hydrazone groups is 1. The molecule has 3 rings (SSSR count). The van der Waals surface area contributed by atoms with Gasteiger partial charge < -0.3 is 4.74 Å². The highest BCUT2D eigenvalue weighted by molar-refractivity contribution is 9.10. The molecule has 0 bridgehead atoms. The van der Waals surface area contributed by atoms with Crippen molar-refractivity contribution in [2.24, 2.45) is 5.10 Å². The van der Waals surface area contributed by atoms with Gasteiger partial charge in [0, 0.05) is 19.5 Å². The summed E-state index contributed by atoms with van der Waals surface area (Å²) in [6, 6.07) is 19.1. The van der Waals surface area contributed by atoms with Gasteiger partial charge in [-0.1, -0.05) is 55.6 Å². The first-order chi connectivity index (χ1) is 13.8. The lowest BCUT2D eigenvalue weighted by atomic mass is 10.2. The van der Waals surface area contributed by atoms with Gasteiger partial charge in [0.15, 0.2) is 0 Å². The Balaban J connectivity index is 1.68. The van der Waals surface area contributed by atoms with Crippen molar-refractivity contribution in [1.29, 1.82) is 0 Å². The second-order valence-corrected chi connectivity index (χ2v) is 9.78. The Morgan fingerprint density at radius 1 is 1.03 bits per heavy atom. The monoisotopic (exact) mass is 556 g/mol. The van der Waals surface area contributed by atoms with Gasteiger partial charge in [-0.05, 0) is 60.2 Å². The van der Waals surface area contributed by atoms with Gasteiger partial charge in [-0.25, -0.2) is 4.83 Å². The minimum Gasteiger partial charge on any atom is -0.489 e. The normalized spacial score (nSPS) is 11.6. The van der Waals surface area contributed by atoms with Gasteiger partial charge in [0.05, 0.1) is 11.1 Å². The van der Waals surface area contributed by atoms with Crippen LogP contribution in [0.2, 0.25) is 5.02 Å². The van der Waals surface area contributed by atoms with E-state index in [9.17, 15) is 8.42 Å². The Morgan fingerprint density at radius 3 is 2.52 bits per heavy atom. The third-order valence-electron chi connectivity index (χ3n) is 3.76. The van der Waals surface area contributed by atoms with Crippen LogP contribution >= 0.6 is 43.5 Å². The van der Waals surface area contributed by atoms with Crippen molar-refractivity contribution in [1.82, 2.24) is 4.83 Å². The maximum atomic E-state index is 12.3. The summed E-state index contributed by atoms with van der Waals surface area (Å²) in [6.45, 7) is 0.404. The Morgan fingerprint density at radius 2 is 1.79 bits per heavy atom. The first-order valence-electron chi connectivity index (χ1n) is 8.31. The summed E-state index contributed by atoms with van der Waals surface area (Å²) in [4.78, 5) is 2.26. The molecule has 0 aliphatic rings. The number of hydrogen-bond donors (Lipinski definition) is 1. The van der Waals surface area contributed by atoms with Crippen LogP contribution in [-0.2, 0) is 16.6 Å². The Labute approximate surface area is 191 Å². The van der Waals surface area contributed by atoms with Gasteiger partial charge in [-0.3, -0.25) is 0 Å². The van der Waals surface area contributed by atoms with Gasteiger partial charge in [0.1, 0.15) is 12.4 Å². The SMILES string of the molecule is O=S(=O)(N/N=C\c1cc(OCc2cccc(Br)c2)ccc1Br)c1ccc(Cl)cc1. The third-order valence-corrected chi connectivity index (χ3v) is 6.47. The van der Waals surface area contributed by atoms with Crippen LogP contribution in [0.4, 0.5) is 0 Å². The van der Waals surface area contributed by atoms with Crippen molar-refractivity contribution in [2.45, 2.75) is 11.5 Å². The van der Waals surface area contributed by atoms with Crippen LogP contribution in [0.1, 0.15) is 11.1 Å². The fraction of sp³-hybridized carbons (Fsp3) is 0.0500. The minimum absolute atomic E-state index is 0.0734. The number of sulfonamides is 1. The smallest absolute Gasteiger partial charge is 0.276 e. The molecule has 0 aromatic heterocycles. The van der Waals surface area contributed by atoms with E-state index in [2.05, 4.69) is 41.8 Å². The Bertz CT molecular complexity index is 1140. The predicted octanol–water partition coefficient (Wildman–Crippen LogP) is 5.76. The molecular formula is C20H15Br2ClN2O3S. The molecule has 3 aromatic carbocycles. The maximum Gasteiger partial charge on any atom is 0.276 e. The molecule has 0 amide bonds. The second kappa shape index (κ2) is 9.75. The van der Waals surface area contributed by atoms with E-state index in [1.54, 1.807) is 6.07 Å². The van der Waals surface area contributed by atoms with Crippen molar-refractivity contribution in [2.75, 3.05) is 0 Å². The van der Waals surface area contributed by atoms with Crippen molar-refractivity contribution in [3.63, 3.8) is 0 Å². The van der Waals surface area contributed by atoms with Gasteiger partial charge in [0.25, 0.3) is 10.0 Å². The van der Waals surface area contributed by atoms with E-state index < -0.39 is 10.0 Å². The molecule has 0 aliphatic carbocycles. The van der Waals surface area contributed by atoms with Crippen molar-refractivity contribution >= 4 is 59.7 Å². The van der Waals surface area contributed by atoms with E-state index in [0.29, 0.717) is 22.9 Å². The molecule has 29 heavy (non-hydrogen) atoms. The van der Waals surface area contributed by atoms with Crippen LogP contribution in [0, 0.1) is 0 Å². The summed E-state index contributed by atoms with van der Waals surface area (Å²) in [5.74, 6) is 0.634. The zero-order chi connectivity index (χ0) is 20.9. The number of halogens is 3. The zero-order valence-corrected chi connectivity index (χ0v) is 19.6. The molecule has 0 saturated carbocycles. The summed E-state index contributed by atoms with van der Waals surface area (Å²) in [6.07, 6.45) is 1.41. The molecule has 0 spiro atoms. The fourth-order valence-electron chi connectivity index (χ4n) is 2.34. The van der Waals surface area contributed by atoms with E-state index in [4.69, 9.17) is 16.3 Å². The molecular weight excluding hydrogens is 544 g/mol. The summed E-state index contributed by atoms with van der Waals surface area (Å²) in [7, 11) is -3.78. The standard InChI is InChI=1S/C20H15Br2ClN2O3S/c21-16-3-1-2-14(10-16)13-28-18-6-9-20(22)15(11-18)12-24-25-29(26,27)19-7-4-17(23)5-8-19/h1-12,25H,13H2/b24-12-. The van der Waals surface area contributed by atoms with Gasteiger partial charge in [-0.15, -0.1) is 0 Å². The molecule has 0 heterocycles. The summed E-state index contributed by atoms with van der Waals surface area (Å²) < 4.78 is 32.1. The molecule has 9 heteroatoms. The molecule has 0 aliphatic heterocycles. The van der Waals surface area contributed by atoms with Crippen molar-refractivity contribution in [3.8, 4) is 5.75 Å². The topological polar surface area (TPSA) is 67.8 Å². The van der Waals surface area contributed by atoms with Crippen LogP contribution in [0.5, 0.6) is 5.75 Å². The van der Waals surface area contributed by atoms with Crippen molar-refractivity contribution in [3.05, 3.63) is 91.8 Å². The van der Waals surface area contributed by atoms with E-state index >= 15 is 0 Å². The quantitative estimate of drug-likeness (QED) is 0.296. The molecule has 0 saturated heterocycles. The number of nitrogens with one attached hydrogen (secondary N) is 1. The predicted molar refractivity (Wildman–Crippen MR) is 122 cm³/mol. The van der Waals surface area contributed by atoms with Crippen LogP contribution < -0.4 is 9.57 Å². The average molecular weight is 559 g/mol. The molecule has 5 nitrogen and oxygen atoms in total. The number of ether oxygens (including phenoxy) is 1. The van der Waals surface area contributed by atoms with Crippen LogP contribution in [0.3, 0.4) is 0 Å². The Hall–Kier alpha value is -1.87. The van der Waals surface area contributed by atoms with Gasteiger partial charge >= 0.3 is 0 Å². The molecule has 1 N–H and O–H groups in total. The number of benzene rings is 3. The van der Waals surface area contributed by atoms with Gasteiger partial charge in [0.2, 0.25) is 0 Å². The molecule has 3 aromatic rings. The summed E-state index contributed by atoms with van der Waals surface area (Å²) in [5.41, 5.74) is 1.68. The first kappa shape index (κ1) is 21.8. The van der Waals surface area contributed by atoms with Crippen LogP contribution in [0.25, 0.3) is 0 Å². The lowest BCUT2D eigenvalue weighted by Gasteiger charge is -2.08. The Kier molecular flexibility index (Phi) is 7.34. The molecule has 0 atom stereocenters. The summed E-state index contributed by atoms with van der Waals surface area (Å²) in [5, 5.41) is 4.31. The highest BCUT2D eigenvalue weighted by atomic mass is 79.9. The minimum atomic E-state index is -3.78. The summed E-state index contributed by atoms with van der Waals surface area (Å²) >= 11 is 12.6. The van der Waals surface area contributed by atoms with E-state index in [1.807, 2.05) is 36.4 Å². The number of nitrogens with zero attached hydrogens (tertiary/aromatic N) is 1. The fourth-order valence-corrected chi connectivity index (χ4v) is 4.05. The van der Waals surface area contributed by atoms with E-state index in [-0.39, 0.29) is 4.90 Å². The second-order valence-electron chi connectivity index (χ2n) is 5.91. The molecule has 150 valence electrons. The van der Waals surface area contributed by atoms with E-state index in [1.165, 1.54) is 30.5 Å². The van der Waals surface area contributed by atoms with E-state index in [0.717, 1.165) is 14.5 Å². The average Bonchev–Trinajstić information content (AvgIpc) is 2.68. The van der Waals surface area contributed by atoms with Gasteiger partial charge in [-0.2, -0.15) is 13.5 Å². The lowest BCUT2D eigenvalue weighted by molar-refractivity contribution is 0.306. The third kappa shape index (κ3) is 6.30. The lowest BCUT2D eigenvalue weighted by Crippen LogP contribution is -2.18. The largest absolute Gasteiger partial charge is 0.489 e.